The average molecular weight is 462 g/mol. The van der Waals surface area contributed by atoms with Gasteiger partial charge in [0.15, 0.2) is 5.82 Å². The summed E-state index contributed by atoms with van der Waals surface area (Å²) in [6, 6.07) is 5.19. The molecule has 0 saturated heterocycles. The normalized spacial score (nSPS) is 17.9. The number of rotatable bonds is 6. The molecule has 29 heavy (non-hydrogen) atoms. The van der Waals surface area contributed by atoms with Gasteiger partial charge in [0.2, 0.25) is 17.7 Å². The van der Waals surface area contributed by atoms with Gasteiger partial charge < -0.3 is 4.74 Å². The Morgan fingerprint density at radius 3 is 2.79 bits per heavy atom. The molecule has 1 aromatic carbocycles. The minimum atomic E-state index is -0.617. The summed E-state index contributed by atoms with van der Waals surface area (Å²) in [5.74, 6) is -0.458. The lowest BCUT2D eigenvalue weighted by molar-refractivity contribution is -0.117. The number of benzene rings is 1. The fourth-order valence-corrected chi connectivity index (χ4v) is 3.40. The van der Waals surface area contributed by atoms with Crippen LogP contribution in [0.15, 0.2) is 39.9 Å². The minimum Gasteiger partial charge on any atom is -0.473 e. The van der Waals surface area contributed by atoms with Gasteiger partial charge in [-0.2, -0.15) is 0 Å². The Kier molecular flexibility index (Phi) is 5.27. The number of hydrogen-bond donors (Lipinski definition) is 1. The highest BCUT2D eigenvalue weighted by Crippen LogP contribution is 2.38. The first-order chi connectivity index (χ1) is 13.9. The Labute approximate surface area is 173 Å². The van der Waals surface area contributed by atoms with E-state index >= 15 is 0 Å². The molecule has 1 N–H and O–H groups in total. The Hall–Kier alpha value is -2.88. The van der Waals surface area contributed by atoms with Gasteiger partial charge in [0.25, 0.3) is 5.56 Å². The summed E-state index contributed by atoms with van der Waals surface area (Å²) in [6.45, 7) is 1.74. The Morgan fingerprint density at radius 2 is 2.10 bits per heavy atom. The quantitative estimate of drug-likeness (QED) is 0.605. The highest BCUT2D eigenvalue weighted by molar-refractivity contribution is 9.10. The average Bonchev–Trinajstić information content (AvgIpc) is 3.45. The van der Waals surface area contributed by atoms with Crippen molar-refractivity contribution < 1.29 is 13.9 Å². The second kappa shape index (κ2) is 7.86. The van der Waals surface area contributed by atoms with E-state index in [1.807, 2.05) is 0 Å². The number of amides is 1. The molecule has 8 nitrogen and oxygen atoms in total. The first-order valence-corrected chi connectivity index (χ1v) is 9.88. The third-order valence-electron chi connectivity index (χ3n) is 4.70. The van der Waals surface area contributed by atoms with Crippen molar-refractivity contribution in [1.29, 1.82) is 0 Å². The lowest BCUT2D eigenvalue weighted by Crippen LogP contribution is -2.30. The largest absolute Gasteiger partial charge is 0.473 e. The smallest absolute Gasteiger partial charge is 0.275 e. The molecule has 150 valence electrons. The van der Waals surface area contributed by atoms with Gasteiger partial charge in [0, 0.05) is 4.47 Å². The highest BCUT2D eigenvalue weighted by atomic mass is 79.9. The molecule has 2 atom stereocenters. The van der Waals surface area contributed by atoms with Gasteiger partial charge in [-0.1, -0.05) is 22.9 Å². The van der Waals surface area contributed by atoms with Crippen LogP contribution < -0.4 is 15.6 Å². The summed E-state index contributed by atoms with van der Waals surface area (Å²) in [7, 11) is 0. The lowest BCUT2D eigenvalue weighted by Gasteiger charge is -2.12. The minimum absolute atomic E-state index is 0.0575. The molecule has 0 radical (unpaired) electrons. The highest BCUT2D eigenvalue weighted by Gasteiger charge is 2.38. The monoisotopic (exact) mass is 461 g/mol. The zero-order valence-corrected chi connectivity index (χ0v) is 17.0. The summed E-state index contributed by atoms with van der Waals surface area (Å²) in [5, 5.41) is 7.69. The van der Waals surface area contributed by atoms with E-state index in [4.69, 9.17) is 4.74 Å². The van der Waals surface area contributed by atoms with Crippen molar-refractivity contribution in [3.05, 3.63) is 51.2 Å². The van der Waals surface area contributed by atoms with Crippen molar-refractivity contribution in [1.82, 2.24) is 19.7 Å². The standard InChI is InChI=1S/C19H17BrFN5O3/c1-2-10-5-15(10)29-17-14-6-11(20)3-4-13(14)18(28)26(25-17)9-16(27)24-19-22-7-12(21)8-23-19/h3-4,6-8,10,15H,2,5,9H2,1H3,(H,22,23,24,27). The summed E-state index contributed by atoms with van der Waals surface area (Å²) in [4.78, 5) is 32.5. The van der Waals surface area contributed by atoms with Crippen molar-refractivity contribution in [3.63, 3.8) is 0 Å². The molecule has 0 aliphatic heterocycles. The third kappa shape index (κ3) is 4.26. The third-order valence-corrected chi connectivity index (χ3v) is 5.19. The van der Waals surface area contributed by atoms with Gasteiger partial charge >= 0.3 is 0 Å². The van der Waals surface area contributed by atoms with Crippen molar-refractivity contribution in [2.45, 2.75) is 32.4 Å². The van der Waals surface area contributed by atoms with Crippen LogP contribution in [0, 0.1) is 11.7 Å². The maximum atomic E-state index is 12.9. The molecule has 10 heteroatoms. The summed E-state index contributed by atoms with van der Waals surface area (Å²) in [6.07, 6.45) is 3.88. The van der Waals surface area contributed by atoms with Gasteiger partial charge in [-0.15, -0.1) is 5.10 Å². The van der Waals surface area contributed by atoms with Crippen LogP contribution in [0.2, 0.25) is 0 Å². The first-order valence-electron chi connectivity index (χ1n) is 9.09. The number of nitrogens with one attached hydrogen (secondary N) is 1. The number of ether oxygens (including phenoxy) is 1. The van der Waals surface area contributed by atoms with Crippen molar-refractivity contribution in [3.8, 4) is 5.88 Å². The zero-order valence-electron chi connectivity index (χ0n) is 15.4. The van der Waals surface area contributed by atoms with E-state index < -0.39 is 17.3 Å². The maximum absolute atomic E-state index is 12.9. The van der Waals surface area contributed by atoms with Crippen LogP contribution in [0.3, 0.4) is 0 Å². The molecule has 2 unspecified atom stereocenters. The predicted octanol–water partition coefficient (Wildman–Crippen LogP) is 2.90. The first kappa shape index (κ1) is 19.4. The number of carbonyl (C=O) groups excluding carboxylic acids is 1. The van der Waals surface area contributed by atoms with Crippen LogP contribution >= 0.6 is 15.9 Å². The molecule has 0 spiro atoms. The molecule has 0 bridgehead atoms. The van der Waals surface area contributed by atoms with Crippen LogP contribution in [0.25, 0.3) is 10.8 Å². The topological polar surface area (TPSA) is 99.0 Å². The SMILES string of the molecule is CCC1CC1Oc1nn(CC(=O)Nc2ncc(F)cn2)c(=O)c2ccc(Br)cc12. The second-order valence-electron chi connectivity index (χ2n) is 6.79. The Morgan fingerprint density at radius 1 is 1.34 bits per heavy atom. The van der Waals surface area contributed by atoms with E-state index in [0.717, 1.165) is 34.4 Å². The number of nitrogens with zero attached hydrogens (tertiary/aromatic N) is 4. The van der Waals surface area contributed by atoms with Gasteiger partial charge in [0.1, 0.15) is 12.6 Å². The molecule has 3 aromatic rings. The maximum Gasteiger partial charge on any atom is 0.275 e. The lowest BCUT2D eigenvalue weighted by atomic mass is 10.2. The molecule has 2 aromatic heterocycles. The molecule has 1 aliphatic carbocycles. The number of hydrogen-bond acceptors (Lipinski definition) is 6. The van der Waals surface area contributed by atoms with E-state index in [1.54, 1.807) is 18.2 Å². The summed E-state index contributed by atoms with van der Waals surface area (Å²) >= 11 is 3.40. The van der Waals surface area contributed by atoms with Crippen molar-refractivity contribution in [2.24, 2.45) is 5.92 Å². The molecule has 1 fully saturated rings. The van der Waals surface area contributed by atoms with Gasteiger partial charge in [-0.05, 0) is 37.0 Å². The summed E-state index contributed by atoms with van der Waals surface area (Å²) < 4.78 is 20.8. The van der Waals surface area contributed by atoms with E-state index in [0.29, 0.717) is 22.6 Å². The van der Waals surface area contributed by atoms with E-state index in [2.05, 4.69) is 43.2 Å². The second-order valence-corrected chi connectivity index (χ2v) is 7.71. The van der Waals surface area contributed by atoms with Crippen molar-refractivity contribution >= 4 is 38.6 Å². The van der Waals surface area contributed by atoms with Crippen LogP contribution in [0.1, 0.15) is 19.8 Å². The van der Waals surface area contributed by atoms with Gasteiger partial charge in [0.05, 0.1) is 23.2 Å². The number of anilines is 1. The summed E-state index contributed by atoms with van der Waals surface area (Å²) in [5.41, 5.74) is -0.419. The van der Waals surface area contributed by atoms with Crippen molar-refractivity contribution in [2.75, 3.05) is 5.32 Å². The van der Waals surface area contributed by atoms with Crippen LogP contribution in [-0.2, 0) is 11.3 Å². The molecular formula is C19H17BrFN5O3. The molecule has 2 heterocycles. The molecule has 1 saturated carbocycles. The molecule has 1 aliphatic rings. The zero-order chi connectivity index (χ0) is 20.5. The van der Waals surface area contributed by atoms with E-state index in [1.165, 1.54) is 0 Å². The van der Waals surface area contributed by atoms with Crippen LogP contribution in [0.5, 0.6) is 5.88 Å². The van der Waals surface area contributed by atoms with Gasteiger partial charge in [-0.25, -0.2) is 19.0 Å². The number of halogens is 2. The Bertz CT molecular complexity index is 1140. The number of carbonyl (C=O) groups is 1. The number of aromatic nitrogens is 4. The van der Waals surface area contributed by atoms with E-state index in [9.17, 15) is 14.0 Å². The fourth-order valence-electron chi connectivity index (χ4n) is 3.04. The van der Waals surface area contributed by atoms with Crippen LogP contribution in [-0.4, -0.2) is 31.8 Å². The van der Waals surface area contributed by atoms with E-state index in [-0.39, 0.29) is 18.6 Å². The predicted molar refractivity (Wildman–Crippen MR) is 107 cm³/mol. The molecular weight excluding hydrogens is 445 g/mol. The fraction of sp³-hybridized carbons (Fsp3) is 0.316. The number of fused-ring (bicyclic) bond motifs is 1. The van der Waals surface area contributed by atoms with Crippen LogP contribution in [0.4, 0.5) is 10.3 Å². The molecule has 4 rings (SSSR count). The Balaban J connectivity index is 1.63. The van der Waals surface area contributed by atoms with Gasteiger partial charge in [-0.3, -0.25) is 14.9 Å². The molecule has 1 amide bonds.